The van der Waals surface area contributed by atoms with Crippen molar-refractivity contribution in [1.82, 2.24) is 4.90 Å². The molecule has 0 N–H and O–H groups in total. The Bertz CT molecular complexity index is 667. The van der Waals surface area contributed by atoms with Crippen LogP contribution in [0, 0.1) is 0 Å². The number of benzene rings is 2. The van der Waals surface area contributed by atoms with Crippen molar-refractivity contribution in [3.05, 3.63) is 60.2 Å². The maximum Gasteiger partial charge on any atom is 0.415 e. The average molecular weight is 313 g/mol. The summed E-state index contributed by atoms with van der Waals surface area (Å²) < 4.78 is 10.3. The van der Waals surface area contributed by atoms with Gasteiger partial charge in [0.1, 0.15) is 11.5 Å². The Balaban J connectivity index is 2.03. The molecule has 0 radical (unpaired) electrons. The van der Waals surface area contributed by atoms with Crippen LogP contribution in [0.3, 0.4) is 0 Å². The fourth-order valence-corrected chi connectivity index (χ4v) is 1.99. The first kappa shape index (κ1) is 16.5. The van der Waals surface area contributed by atoms with Gasteiger partial charge < -0.3 is 14.4 Å². The van der Waals surface area contributed by atoms with E-state index in [-0.39, 0.29) is 5.78 Å². The Morgan fingerprint density at radius 2 is 1.57 bits per heavy atom. The number of hydrogen-bond donors (Lipinski definition) is 0. The van der Waals surface area contributed by atoms with Gasteiger partial charge in [0.2, 0.25) is 0 Å². The van der Waals surface area contributed by atoms with E-state index in [1.54, 1.807) is 62.6 Å². The first-order chi connectivity index (χ1) is 11.0. The van der Waals surface area contributed by atoms with Crippen LogP contribution >= 0.6 is 0 Å². The molecule has 0 saturated carbocycles. The number of para-hydroxylation sites is 1. The Morgan fingerprint density at radius 1 is 0.957 bits per heavy atom. The number of hydrogen-bond acceptors (Lipinski definition) is 4. The highest BCUT2D eigenvalue weighted by Gasteiger charge is 2.24. The summed E-state index contributed by atoms with van der Waals surface area (Å²) in [5, 5.41) is 0. The molecule has 1 amide bonds. The lowest BCUT2D eigenvalue weighted by molar-refractivity contribution is 0.0854. The van der Waals surface area contributed by atoms with Gasteiger partial charge in [-0.3, -0.25) is 4.79 Å². The van der Waals surface area contributed by atoms with Gasteiger partial charge in [-0.15, -0.1) is 0 Å². The second kappa shape index (κ2) is 7.45. The first-order valence-corrected chi connectivity index (χ1v) is 7.21. The number of rotatable bonds is 5. The zero-order valence-electron chi connectivity index (χ0n) is 13.4. The number of ether oxygens (including phenoxy) is 2. The van der Waals surface area contributed by atoms with Crippen molar-refractivity contribution in [3.63, 3.8) is 0 Å². The number of methoxy groups -OCH3 is 1. The molecule has 23 heavy (non-hydrogen) atoms. The van der Waals surface area contributed by atoms with Crippen LogP contribution in [0.25, 0.3) is 0 Å². The van der Waals surface area contributed by atoms with Crippen LogP contribution in [0.1, 0.15) is 17.3 Å². The van der Waals surface area contributed by atoms with Crippen molar-refractivity contribution in [2.45, 2.75) is 13.0 Å². The van der Waals surface area contributed by atoms with Crippen LogP contribution in [0.4, 0.5) is 4.79 Å². The number of carbonyl (C=O) groups excluding carboxylic acids is 2. The van der Waals surface area contributed by atoms with Crippen molar-refractivity contribution >= 4 is 11.9 Å². The zero-order valence-corrected chi connectivity index (χ0v) is 13.4. The van der Waals surface area contributed by atoms with Crippen molar-refractivity contribution in [2.75, 3.05) is 14.2 Å². The summed E-state index contributed by atoms with van der Waals surface area (Å²) in [5.74, 6) is 0.944. The van der Waals surface area contributed by atoms with Crippen LogP contribution in [0.5, 0.6) is 11.5 Å². The van der Waals surface area contributed by atoms with Crippen LogP contribution in [-0.2, 0) is 0 Å². The zero-order chi connectivity index (χ0) is 16.8. The predicted octanol–water partition coefficient (Wildman–Crippen LogP) is 3.40. The normalized spacial score (nSPS) is 11.4. The van der Waals surface area contributed by atoms with E-state index in [4.69, 9.17) is 9.47 Å². The molecule has 5 heteroatoms. The Labute approximate surface area is 135 Å². The lowest BCUT2D eigenvalue weighted by Gasteiger charge is -2.23. The monoisotopic (exact) mass is 313 g/mol. The fraction of sp³-hybridized carbons (Fsp3) is 0.222. The molecule has 2 rings (SSSR count). The molecule has 0 heterocycles. The van der Waals surface area contributed by atoms with Gasteiger partial charge >= 0.3 is 6.09 Å². The van der Waals surface area contributed by atoms with Gasteiger partial charge in [0.15, 0.2) is 5.78 Å². The molecule has 5 nitrogen and oxygen atoms in total. The van der Waals surface area contributed by atoms with Crippen LogP contribution in [-0.4, -0.2) is 37.0 Å². The highest BCUT2D eigenvalue weighted by atomic mass is 16.6. The number of nitrogens with zero attached hydrogens (tertiary/aromatic N) is 1. The van der Waals surface area contributed by atoms with Crippen molar-refractivity contribution < 1.29 is 19.1 Å². The fourth-order valence-electron chi connectivity index (χ4n) is 1.99. The molecule has 120 valence electrons. The van der Waals surface area contributed by atoms with Gasteiger partial charge in [-0.25, -0.2) is 4.79 Å². The average Bonchev–Trinajstić information content (AvgIpc) is 2.60. The predicted molar refractivity (Wildman–Crippen MR) is 87.0 cm³/mol. The summed E-state index contributed by atoms with van der Waals surface area (Å²) >= 11 is 0. The standard InChI is InChI=1S/C18H19NO4/c1-13(17(20)14-9-11-15(22-3)12-10-14)19(2)18(21)23-16-7-5-4-6-8-16/h4-13H,1-3H3. The molecule has 0 aromatic heterocycles. The quantitative estimate of drug-likeness (QED) is 0.794. The van der Waals surface area contributed by atoms with Crippen LogP contribution in [0.2, 0.25) is 0 Å². The number of likely N-dealkylation sites (N-methyl/N-ethyl adjacent to an activating group) is 1. The minimum atomic E-state index is -0.639. The highest BCUT2D eigenvalue weighted by molar-refractivity contribution is 6.01. The lowest BCUT2D eigenvalue weighted by atomic mass is 10.0. The lowest BCUT2D eigenvalue weighted by Crippen LogP contribution is -2.41. The van der Waals surface area contributed by atoms with Gasteiger partial charge in [0.05, 0.1) is 13.2 Å². The molecule has 0 bridgehead atoms. The second-order valence-corrected chi connectivity index (χ2v) is 5.06. The third-order valence-electron chi connectivity index (χ3n) is 3.57. The summed E-state index contributed by atoms with van der Waals surface area (Å²) in [6, 6.07) is 14.9. The topological polar surface area (TPSA) is 55.8 Å². The van der Waals surface area contributed by atoms with E-state index in [9.17, 15) is 9.59 Å². The molecular weight excluding hydrogens is 294 g/mol. The number of carbonyl (C=O) groups is 2. The maximum absolute atomic E-state index is 12.5. The van der Waals surface area contributed by atoms with E-state index in [0.717, 1.165) is 0 Å². The van der Waals surface area contributed by atoms with E-state index < -0.39 is 12.1 Å². The molecule has 1 unspecified atom stereocenters. The summed E-state index contributed by atoms with van der Waals surface area (Å²) in [7, 11) is 3.10. The first-order valence-electron chi connectivity index (χ1n) is 7.21. The Morgan fingerprint density at radius 3 is 2.13 bits per heavy atom. The number of amides is 1. The molecule has 2 aromatic rings. The Hall–Kier alpha value is -2.82. The molecular formula is C18H19NO4. The highest BCUT2D eigenvalue weighted by Crippen LogP contribution is 2.16. The van der Waals surface area contributed by atoms with Crippen molar-refractivity contribution in [1.29, 1.82) is 0 Å². The summed E-state index contributed by atoms with van der Waals surface area (Å²) in [5.41, 5.74) is 0.512. The minimum absolute atomic E-state index is 0.167. The van der Waals surface area contributed by atoms with Gasteiger partial charge in [-0.1, -0.05) is 18.2 Å². The third kappa shape index (κ3) is 4.10. The van der Waals surface area contributed by atoms with E-state index >= 15 is 0 Å². The van der Waals surface area contributed by atoms with E-state index in [0.29, 0.717) is 17.1 Å². The van der Waals surface area contributed by atoms with Gasteiger partial charge in [0.25, 0.3) is 0 Å². The molecule has 2 aromatic carbocycles. The van der Waals surface area contributed by atoms with Crippen LogP contribution in [0.15, 0.2) is 54.6 Å². The molecule has 0 aliphatic rings. The van der Waals surface area contributed by atoms with Gasteiger partial charge in [-0.05, 0) is 43.3 Å². The minimum Gasteiger partial charge on any atom is -0.497 e. The molecule has 0 aliphatic carbocycles. The van der Waals surface area contributed by atoms with Gasteiger partial charge in [0, 0.05) is 12.6 Å². The summed E-state index contributed by atoms with van der Waals surface area (Å²) in [6.07, 6.45) is -0.578. The smallest absolute Gasteiger partial charge is 0.415 e. The second-order valence-electron chi connectivity index (χ2n) is 5.06. The Kier molecular flexibility index (Phi) is 5.36. The molecule has 0 aliphatic heterocycles. The van der Waals surface area contributed by atoms with E-state index in [1.807, 2.05) is 6.07 Å². The molecule has 0 fully saturated rings. The largest absolute Gasteiger partial charge is 0.497 e. The SMILES string of the molecule is COc1ccc(C(=O)C(C)N(C)C(=O)Oc2ccccc2)cc1. The van der Waals surface area contributed by atoms with E-state index in [1.165, 1.54) is 11.9 Å². The molecule has 1 atom stereocenters. The number of ketones is 1. The third-order valence-corrected chi connectivity index (χ3v) is 3.57. The van der Waals surface area contributed by atoms with Gasteiger partial charge in [-0.2, -0.15) is 0 Å². The maximum atomic E-state index is 12.5. The van der Waals surface area contributed by atoms with Crippen LogP contribution < -0.4 is 9.47 Å². The molecule has 0 spiro atoms. The molecule has 0 saturated heterocycles. The van der Waals surface area contributed by atoms with Crippen molar-refractivity contribution in [3.8, 4) is 11.5 Å². The summed E-state index contributed by atoms with van der Waals surface area (Å²) in [4.78, 5) is 25.9. The van der Waals surface area contributed by atoms with E-state index in [2.05, 4.69) is 0 Å². The number of Topliss-reactive ketones (excluding diaryl/α,β-unsaturated/α-hetero) is 1. The van der Waals surface area contributed by atoms with Crippen molar-refractivity contribution in [2.24, 2.45) is 0 Å². The summed E-state index contributed by atoms with van der Waals surface area (Å²) in [6.45, 7) is 1.67.